The number of nitrogens with zero attached hydrogens (tertiary/aromatic N) is 1. The maximum atomic E-state index is 12.9. The summed E-state index contributed by atoms with van der Waals surface area (Å²) in [6.45, 7) is 5.27. The summed E-state index contributed by atoms with van der Waals surface area (Å²) in [4.78, 5) is 18.5. The molecule has 0 radical (unpaired) electrons. The molecule has 0 bridgehead atoms. The Morgan fingerprint density at radius 3 is 2.19 bits per heavy atom. The second kappa shape index (κ2) is 12.0. The number of hydrogen-bond donors (Lipinski definition) is 1. The minimum absolute atomic E-state index is 0.240. The number of rotatable bonds is 10. The highest BCUT2D eigenvalue weighted by Crippen LogP contribution is 2.32. The highest BCUT2D eigenvalue weighted by atomic mass is 35.5. The molecule has 0 atom stereocenters. The van der Waals surface area contributed by atoms with Crippen LogP contribution in [0.25, 0.3) is 0 Å². The lowest BCUT2D eigenvalue weighted by Crippen LogP contribution is -2.32. The number of halogens is 1. The fraction of sp³-hybridized carbons (Fsp3) is 0.321. The summed E-state index contributed by atoms with van der Waals surface area (Å²) in [5.74, 6) is 0.488. The van der Waals surface area contributed by atoms with E-state index in [9.17, 15) is 13.2 Å². The molecule has 190 valence electrons. The van der Waals surface area contributed by atoms with Gasteiger partial charge in [0.15, 0.2) is 0 Å². The number of nitrogens with one attached hydrogen (secondary N) is 1. The van der Waals surface area contributed by atoms with Gasteiger partial charge in [-0.05, 0) is 96.9 Å². The molecule has 0 saturated carbocycles. The van der Waals surface area contributed by atoms with Gasteiger partial charge in [0.2, 0.25) is 16.2 Å². The van der Waals surface area contributed by atoms with E-state index in [1.807, 2.05) is 12.1 Å². The van der Waals surface area contributed by atoms with Gasteiger partial charge in [0.25, 0.3) is 0 Å². The number of sulfone groups is 1. The molecule has 1 heterocycles. The van der Waals surface area contributed by atoms with Crippen LogP contribution in [-0.4, -0.2) is 32.8 Å². The van der Waals surface area contributed by atoms with Gasteiger partial charge in [-0.3, -0.25) is 14.5 Å². The SMILES string of the molecule is CCc1ccc(CONC=O)cc1C1CCN(Cc2ccc(S(=O)(=O)c3ccc(Cl)cc3)cc2)CC1. The van der Waals surface area contributed by atoms with Crippen LogP contribution in [0.15, 0.2) is 76.5 Å². The summed E-state index contributed by atoms with van der Waals surface area (Å²) in [6, 6.07) is 19.9. The van der Waals surface area contributed by atoms with Crippen molar-refractivity contribution < 1.29 is 18.0 Å². The fourth-order valence-corrected chi connectivity index (χ4v) is 6.17. The molecule has 0 aliphatic carbocycles. The van der Waals surface area contributed by atoms with Crippen molar-refractivity contribution in [1.29, 1.82) is 0 Å². The van der Waals surface area contributed by atoms with Crippen molar-refractivity contribution in [3.05, 3.63) is 94.0 Å². The van der Waals surface area contributed by atoms with Gasteiger partial charge >= 0.3 is 0 Å². The quantitative estimate of drug-likeness (QED) is 0.220. The molecular weight excluding hydrogens is 496 g/mol. The molecule has 0 aromatic heterocycles. The summed E-state index contributed by atoms with van der Waals surface area (Å²) < 4.78 is 25.8. The number of hydroxylamine groups is 1. The normalized spacial score (nSPS) is 15.1. The van der Waals surface area contributed by atoms with Gasteiger partial charge in [0, 0.05) is 11.6 Å². The Bertz CT molecular complexity index is 1270. The van der Waals surface area contributed by atoms with Crippen molar-refractivity contribution in [2.24, 2.45) is 0 Å². The molecule has 3 aromatic rings. The van der Waals surface area contributed by atoms with E-state index in [1.165, 1.54) is 23.3 Å². The number of carbonyl (C=O) groups excluding carboxylic acids is 1. The number of amides is 1. The molecule has 1 fully saturated rings. The zero-order chi connectivity index (χ0) is 25.5. The van der Waals surface area contributed by atoms with Crippen LogP contribution in [0.3, 0.4) is 0 Å². The van der Waals surface area contributed by atoms with Gasteiger partial charge in [-0.1, -0.05) is 48.9 Å². The van der Waals surface area contributed by atoms with E-state index in [2.05, 4.69) is 35.5 Å². The first-order chi connectivity index (χ1) is 17.4. The minimum atomic E-state index is -3.56. The van der Waals surface area contributed by atoms with E-state index in [4.69, 9.17) is 16.4 Å². The Balaban J connectivity index is 1.37. The Kier molecular flexibility index (Phi) is 8.80. The van der Waals surface area contributed by atoms with Crippen LogP contribution < -0.4 is 5.48 Å². The van der Waals surface area contributed by atoms with Crippen LogP contribution >= 0.6 is 11.6 Å². The molecule has 1 aliphatic heterocycles. The second-order valence-electron chi connectivity index (χ2n) is 9.06. The molecule has 3 aromatic carbocycles. The Morgan fingerprint density at radius 1 is 0.972 bits per heavy atom. The number of benzene rings is 3. The summed E-state index contributed by atoms with van der Waals surface area (Å²) in [6.07, 6.45) is 3.64. The maximum Gasteiger partial charge on any atom is 0.230 e. The van der Waals surface area contributed by atoms with Crippen LogP contribution in [-0.2, 0) is 39.0 Å². The predicted molar refractivity (Wildman–Crippen MR) is 140 cm³/mol. The Hall–Kier alpha value is -2.71. The Labute approximate surface area is 218 Å². The molecule has 1 amide bonds. The summed E-state index contributed by atoms with van der Waals surface area (Å²) in [5, 5.41) is 0.507. The van der Waals surface area contributed by atoms with Gasteiger partial charge in [-0.15, -0.1) is 0 Å². The molecule has 4 rings (SSSR count). The second-order valence-corrected chi connectivity index (χ2v) is 11.4. The lowest BCUT2D eigenvalue weighted by atomic mass is 9.85. The van der Waals surface area contributed by atoms with Crippen molar-refractivity contribution in [3.8, 4) is 0 Å². The third kappa shape index (κ3) is 6.34. The predicted octanol–water partition coefficient (Wildman–Crippen LogP) is 5.29. The zero-order valence-corrected chi connectivity index (χ0v) is 21.9. The smallest absolute Gasteiger partial charge is 0.230 e. The summed E-state index contributed by atoms with van der Waals surface area (Å²) >= 11 is 5.89. The first-order valence-electron chi connectivity index (χ1n) is 12.2. The van der Waals surface area contributed by atoms with Crippen LogP contribution in [0.5, 0.6) is 0 Å². The first-order valence-corrected chi connectivity index (χ1v) is 14.0. The summed E-state index contributed by atoms with van der Waals surface area (Å²) in [7, 11) is -3.56. The molecule has 36 heavy (non-hydrogen) atoms. The van der Waals surface area contributed by atoms with Crippen molar-refractivity contribution in [3.63, 3.8) is 0 Å². The van der Waals surface area contributed by atoms with Crippen molar-refractivity contribution >= 4 is 27.8 Å². The van der Waals surface area contributed by atoms with Crippen LogP contribution in [0.2, 0.25) is 5.02 Å². The van der Waals surface area contributed by atoms with E-state index < -0.39 is 9.84 Å². The third-order valence-electron chi connectivity index (χ3n) is 6.75. The summed E-state index contributed by atoms with van der Waals surface area (Å²) in [5.41, 5.74) is 7.13. The number of hydrogen-bond acceptors (Lipinski definition) is 5. The molecular formula is C28H31ClN2O4S. The van der Waals surface area contributed by atoms with Crippen molar-refractivity contribution in [2.45, 2.75) is 55.0 Å². The molecule has 6 nitrogen and oxygen atoms in total. The van der Waals surface area contributed by atoms with E-state index in [0.29, 0.717) is 24.0 Å². The van der Waals surface area contributed by atoms with Gasteiger partial charge in [-0.25, -0.2) is 13.9 Å². The van der Waals surface area contributed by atoms with Crippen molar-refractivity contribution in [1.82, 2.24) is 10.4 Å². The van der Waals surface area contributed by atoms with Crippen LogP contribution in [0.1, 0.15) is 47.9 Å². The highest BCUT2D eigenvalue weighted by Gasteiger charge is 2.23. The third-order valence-corrected chi connectivity index (χ3v) is 8.79. The Morgan fingerprint density at radius 2 is 1.58 bits per heavy atom. The lowest BCUT2D eigenvalue weighted by Gasteiger charge is -2.33. The number of piperidine rings is 1. The number of likely N-dealkylation sites (tertiary alicyclic amines) is 1. The van der Waals surface area contributed by atoms with Gasteiger partial charge < -0.3 is 0 Å². The van der Waals surface area contributed by atoms with E-state index in [1.54, 1.807) is 24.3 Å². The maximum absolute atomic E-state index is 12.9. The first kappa shape index (κ1) is 26.4. The number of aryl methyl sites for hydroxylation is 1. The highest BCUT2D eigenvalue weighted by molar-refractivity contribution is 7.91. The molecule has 0 spiro atoms. The van der Waals surface area contributed by atoms with Crippen LogP contribution in [0, 0.1) is 0 Å². The van der Waals surface area contributed by atoms with E-state index >= 15 is 0 Å². The molecule has 1 saturated heterocycles. The standard InChI is InChI=1S/C28H31ClN2O4S/c1-2-23-6-3-22(19-35-30-20-32)17-28(23)24-13-15-31(16-14-24)18-21-4-9-26(10-5-21)36(33,34)27-11-7-25(29)8-12-27/h3-12,17,20,24H,2,13-16,18-19H2,1H3,(H,30,32). The monoisotopic (exact) mass is 526 g/mol. The van der Waals surface area contributed by atoms with E-state index in [-0.39, 0.29) is 9.79 Å². The minimum Gasteiger partial charge on any atom is -0.299 e. The number of carbonyl (C=O) groups is 1. The average molecular weight is 527 g/mol. The van der Waals surface area contributed by atoms with Crippen molar-refractivity contribution in [2.75, 3.05) is 13.1 Å². The molecule has 0 unspecified atom stereocenters. The molecule has 1 N–H and O–H groups in total. The van der Waals surface area contributed by atoms with Gasteiger partial charge in [0.05, 0.1) is 16.4 Å². The van der Waals surface area contributed by atoms with Gasteiger partial charge in [-0.2, -0.15) is 0 Å². The van der Waals surface area contributed by atoms with Crippen LogP contribution in [0.4, 0.5) is 0 Å². The fourth-order valence-electron chi connectivity index (χ4n) is 4.78. The molecule has 8 heteroatoms. The molecule has 1 aliphatic rings. The largest absolute Gasteiger partial charge is 0.299 e. The topological polar surface area (TPSA) is 75.7 Å². The van der Waals surface area contributed by atoms with E-state index in [0.717, 1.165) is 50.0 Å². The average Bonchev–Trinajstić information content (AvgIpc) is 2.90. The lowest BCUT2D eigenvalue weighted by molar-refractivity contribution is -0.121. The zero-order valence-electron chi connectivity index (χ0n) is 20.3. The van der Waals surface area contributed by atoms with Gasteiger partial charge in [0.1, 0.15) is 0 Å².